The van der Waals surface area contributed by atoms with Gasteiger partial charge in [0.2, 0.25) is 0 Å². The Kier molecular flexibility index (Phi) is 7.93. The van der Waals surface area contributed by atoms with Crippen LogP contribution in [0.1, 0.15) is 31.9 Å². The molecule has 2 aromatic rings. The fourth-order valence-corrected chi connectivity index (χ4v) is 3.84. The topological polar surface area (TPSA) is 91.8 Å². The smallest absolute Gasteiger partial charge is 0.416 e. The van der Waals surface area contributed by atoms with E-state index in [1.807, 2.05) is 0 Å². The highest BCUT2D eigenvalue weighted by atomic mass is 79.9. The number of nitrogens with zero attached hydrogens (tertiary/aromatic N) is 2. The Labute approximate surface area is 189 Å². The molecular formula is C19H21BrF3N3O4S. The van der Waals surface area contributed by atoms with E-state index in [9.17, 15) is 27.9 Å². The minimum Gasteiger partial charge on any atom is -0.465 e. The van der Waals surface area contributed by atoms with Gasteiger partial charge in [0.05, 0.1) is 18.2 Å². The number of hydrogen-bond acceptors (Lipinski definition) is 5. The van der Waals surface area contributed by atoms with Crippen LogP contribution in [0.25, 0.3) is 0 Å². The molecular weight excluding hydrogens is 503 g/mol. The standard InChI is InChI=1S/C19H21BrF3N3O4S/c1-18(2,3)30-17(29)26(15-25-14(20)10-31-15)9-13(24-16(27)28)8-11-4-6-12(7-5-11)19(21,22)23/h4-7,10,13,24H,8-9H2,1-3H3,(H,27,28). The highest BCUT2D eigenvalue weighted by molar-refractivity contribution is 9.10. The lowest BCUT2D eigenvalue weighted by Gasteiger charge is -2.28. The van der Waals surface area contributed by atoms with Gasteiger partial charge in [-0.1, -0.05) is 12.1 Å². The maximum Gasteiger partial charge on any atom is 0.416 e. The molecule has 1 atom stereocenters. The van der Waals surface area contributed by atoms with Crippen LogP contribution in [0.15, 0.2) is 34.2 Å². The maximum absolute atomic E-state index is 12.8. The third kappa shape index (κ3) is 8.02. The predicted octanol–water partition coefficient (Wildman–Crippen LogP) is 5.54. The number of ether oxygens (including phenoxy) is 1. The number of benzene rings is 1. The molecule has 1 heterocycles. The van der Waals surface area contributed by atoms with Crippen LogP contribution in [-0.2, 0) is 17.3 Å². The van der Waals surface area contributed by atoms with Crippen molar-refractivity contribution >= 4 is 44.6 Å². The largest absolute Gasteiger partial charge is 0.465 e. The van der Waals surface area contributed by atoms with E-state index in [2.05, 4.69) is 26.2 Å². The maximum atomic E-state index is 12.8. The molecule has 0 fully saturated rings. The van der Waals surface area contributed by atoms with Gasteiger partial charge in [0.1, 0.15) is 10.2 Å². The summed E-state index contributed by atoms with van der Waals surface area (Å²) in [5, 5.41) is 13.5. The van der Waals surface area contributed by atoms with Crippen LogP contribution in [0, 0.1) is 0 Å². The second kappa shape index (κ2) is 9.86. The van der Waals surface area contributed by atoms with E-state index >= 15 is 0 Å². The van der Waals surface area contributed by atoms with Crippen molar-refractivity contribution in [3.63, 3.8) is 0 Å². The van der Waals surface area contributed by atoms with Crippen molar-refractivity contribution in [3.05, 3.63) is 45.4 Å². The van der Waals surface area contributed by atoms with Crippen molar-refractivity contribution in [2.75, 3.05) is 11.4 Å². The zero-order chi connectivity index (χ0) is 23.4. The molecule has 1 unspecified atom stereocenters. The van der Waals surface area contributed by atoms with Gasteiger partial charge < -0.3 is 15.2 Å². The van der Waals surface area contributed by atoms with E-state index in [0.717, 1.165) is 23.5 Å². The molecule has 12 heteroatoms. The van der Waals surface area contributed by atoms with Crippen molar-refractivity contribution in [3.8, 4) is 0 Å². The van der Waals surface area contributed by atoms with Crippen LogP contribution in [0.2, 0.25) is 0 Å². The molecule has 0 aliphatic carbocycles. The zero-order valence-corrected chi connectivity index (χ0v) is 19.3. The third-order valence-corrected chi connectivity index (χ3v) is 5.38. The molecule has 2 rings (SSSR count). The van der Waals surface area contributed by atoms with E-state index in [1.54, 1.807) is 26.2 Å². The van der Waals surface area contributed by atoms with Crippen molar-refractivity contribution < 1.29 is 32.6 Å². The summed E-state index contributed by atoms with van der Waals surface area (Å²) in [5.74, 6) is 0. The van der Waals surface area contributed by atoms with Crippen molar-refractivity contribution in [1.29, 1.82) is 0 Å². The minimum absolute atomic E-state index is 0.0519. The van der Waals surface area contributed by atoms with E-state index in [-0.39, 0.29) is 18.1 Å². The lowest BCUT2D eigenvalue weighted by Crippen LogP contribution is -2.48. The first-order chi connectivity index (χ1) is 14.2. The lowest BCUT2D eigenvalue weighted by molar-refractivity contribution is -0.137. The molecule has 7 nitrogen and oxygen atoms in total. The molecule has 1 aromatic carbocycles. The second-order valence-corrected chi connectivity index (χ2v) is 9.24. The number of alkyl halides is 3. The first-order valence-corrected chi connectivity index (χ1v) is 10.7. The van der Waals surface area contributed by atoms with Crippen LogP contribution in [-0.4, -0.2) is 40.5 Å². The summed E-state index contributed by atoms with van der Waals surface area (Å²) in [6, 6.07) is 3.58. The number of thiazole rings is 1. The van der Waals surface area contributed by atoms with Crippen LogP contribution >= 0.6 is 27.3 Å². The zero-order valence-electron chi connectivity index (χ0n) is 16.9. The molecule has 2 amide bonds. The molecule has 0 radical (unpaired) electrons. The number of aromatic nitrogens is 1. The van der Waals surface area contributed by atoms with Gasteiger partial charge >= 0.3 is 18.4 Å². The summed E-state index contributed by atoms with van der Waals surface area (Å²) in [5.41, 5.74) is -1.13. The first kappa shape index (κ1) is 24.9. The minimum atomic E-state index is -4.47. The van der Waals surface area contributed by atoms with Crippen molar-refractivity contribution in [2.24, 2.45) is 0 Å². The van der Waals surface area contributed by atoms with E-state index < -0.39 is 35.6 Å². The number of nitrogens with one attached hydrogen (secondary N) is 1. The van der Waals surface area contributed by atoms with Crippen LogP contribution < -0.4 is 10.2 Å². The lowest BCUT2D eigenvalue weighted by atomic mass is 10.0. The fraction of sp³-hybridized carbons (Fsp3) is 0.421. The summed E-state index contributed by atoms with van der Waals surface area (Å²) in [6.07, 6.45) is -6.47. The Bertz CT molecular complexity index is 913. The molecule has 0 saturated carbocycles. The number of carbonyl (C=O) groups excluding carboxylic acids is 1. The van der Waals surface area contributed by atoms with Gasteiger partial charge in [-0.3, -0.25) is 4.90 Å². The highest BCUT2D eigenvalue weighted by Gasteiger charge is 2.31. The number of amides is 2. The van der Waals surface area contributed by atoms with Crippen LogP contribution in [0.5, 0.6) is 0 Å². The average molecular weight is 524 g/mol. The quantitative estimate of drug-likeness (QED) is 0.518. The van der Waals surface area contributed by atoms with Gasteiger partial charge in [-0.2, -0.15) is 13.2 Å². The molecule has 0 bridgehead atoms. The van der Waals surface area contributed by atoms with Gasteiger partial charge in [-0.25, -0.2) is 14.6 Å². The number of hydrogen-bond donors (Lipinski definition) is 2. The SMILES string of the molecule is CC(C)(C)OC(=O)N(CC(Cc1ccc(C(F)(F)F)cc1)NC(=O)O)c1nc(Br)cs1. The third-order valence-electron chi connectivity index (χ3n) is 3.80. The van der Waals surface area contributed by atoms with Crippen LogP contribution in [0.4, 0.5) is 27.9 Å². The number of carbonyl (C=O) groups is 2. The molecule has 170 valence electrons. The summed E-state index contributed by atoms with van der Waals surface area (Å²) >= 11 is 4.36. The summed E-state index contributed by atoms with van der Waals surface area (Å²) < 4.78 is 44.2. The molecule has 1 aromatic heterocycles. The van der Waals surface area contributed by atoms with Crippen molar-refractivity contribution in [1.82, 2.24) is 10.3 Å². The second-order valence-electron chi connectivity index (χ2n) is 7.59. The Hall–Kier alpha value is -2.34. The first-order valence-electron chi connectivity index (χ1n) is 9.02. The summed E-state index contributed by atoms with van der Waals surface area (Å²) in [4.78, 5) is 29.4. The normalized spacial score (nSPS) is 12.9. The average Bonchev–Trinajstić information content (AvgIpc) is 3.03. The van der Waals surface area contributed by atoms with Gasteiger partial charge in [0.15, 0.2) is 5.13 Å². The number of halogens is 4. The van der Waals surface area contributed by atoms with Crippen LogP contribution in [0.3, 0.4) is 0 Å². The Morgan fingerprint density at radius 2 is 1.87 bits per heavy atom. The molecule has 0 spiro atoms. The van der Waals surface area contributed by atoms with Gasteiger partial charge in [-0.05, 0) is 60.8 Å². The number of anilines is 1. The Morgan fingerprint density at radius 1 is 1.26 bits per heavy atom. The molecule has 0 aliphatic heterocycles. The number of carboxylic acid groups (broad SMARTS) is 1. The van der Waals surface area contributed by atoms with Gasteiger partial charge in [0, 0.05) is 5.38 Å². The Morgan fingerprint density at radius 3 is 2.32 bits per heavy atom. The van der Waals surface area contributed by atoms with Crippen molar-refractivity contribution in [2.45, 2.75) is 45.0 Å². The van der Waals surface area contributed by atoms with Gasteiger partial charge in [-0.15, -0.1) is 11.3 Å². The van der Waals surface area contributed by atoms with E-state index in [0.29, 0.717) is 10.2 Å². The predicted molar refractivity (Wildman–Crippen MR) is 113 cm³/mol. The highest BCUT2D eigenvalue weighted by Crippen LogP contribution is 2.29. The summed E-state index contributed by atoms with van der Waals surface area (Å²) in [7, 11) is 0. The molecule has 31 heavy (non-hydrogen) atoms. The number of rotatable bonds is 6. The van der Waals surface area contributed by atoms with Gasteiger partial charge in [0.25, 0.3) is 0 Å². The van der Waals surface area contributed by atoms with E-state index in [1.165, 1.54) is 17.0 Å². The fourth-order valence-electron chi connectivity index (χ4n) is 2.59. The molecule has 0 saturated heterocycles. The molecule has 0 aliphatic rings. The summed E-state index contributed by atoms with van der Waals surface area (Å²) in [6.45, 7) is 4.93. The monoisotopic (exact) mass is 523 g/mol. The van der Waals surface area contributed by atoms with E-state index in [4.69, 9.17) is 4.74 Å². The Balaban J connectivity index is 2.27. The molecule has 2 N–H and O–H groups in total.